The molecule has 1 heterocycles. The van der Waals surface area contributed by atoms with Crippen LogP contribution in [0.4, 0.5) is 0 Å². The Morgan fingerprint density at radius 1 is 1.62 bits per heavy atom. The van der Waals surface area contributed by atoms with Crippen molar-refractivity contribution < 1.29 is 0 Å². The van der Waals surface area contributed by atoms with Crippen LogP contribution in [0, 0.1) is 5.92 Å². The summed E-state index contributed by atoms with van der Waals surface area (Å²) < 4.78 is 0. The summed E-state index contributed by atoms with van der Waals surface area (Å²) in [6.07, 6.45) is 4.12. The summed E-state index contributed by atoms with van der Waals surface area (Å²) in [6.45, 7) is 4.61. The Labute approximate surface area is 56.7 Å². The molecule has 0 aromatic rings. The number of hydrogen-bond donors (Lipinski definition) is 0. The third-order valence-corrected chi connectivity index (χ3v) is 5.39. The van der Waals surface area contributed by atoms with E-state index in [0.717, 1.165) is 5.92 Å². The fraction of sp³-hybridized carbons (Fsp3) is 1.00. The van der Waals surface area contributed by atoms with Gasteiger partial charge in [0.2, 0.25) is 0 Å². The smallest absolute Gasteiger partial charge is 0.0211 e. The predicted molar refractivity (Wildman–Crippen MR) is 43.7 cm³/mol. The average Bonchev–Trinajstić information content (AvgIpc) is 1.82. The number of rotatable bonds is 0. The molecular weight excluding hydrogens is 135 g/mol. The monoisotopic (exact) mass is 148 g/mol. The summed E-state index contributed by atoms with van der Waals surface area (Å²) >= 11 is 5.40. The van der Waals surface area contributed by atoms with Crippen molar-refractivity contribution in [1.82, 2.24) is 0 Å². The van der Waals surface area contributed by atoms with Gasteiger partial charge >= 0.3 is 0 Å². The van der Waals surface area contributed by atoms with Crippen LogP contribution in [-0.4, -0.2) is 19.0 Å². The quantitative estimate of drug-likeness (QED) is 0.474. The molecule has 1 saturated heterocycles. The molecule has 2 atom stereocenters. The van der Waals surface area contributed by atoms with Gasteiger partial charge < -0.3 is 0 Å². The minimum Gasteiger partial charge on any atom is -0.0978 e. The second-order valence-corrected chi connectivity index (χ2v) is 9.15. The van der Waals surface area contributed by atoms with E-state index in [9.17, 15) is 0 Å². The molecule has 0 spiro atoms. The molecule has 0 radical (unpaired) electrons. The molecule has 8 heavy (non-hydrogen) atoms. The lowest BCUT2D eigenvalue weighted by molar-refractivity contribution is 0.669. The van der Waals surface area contributed by atoms with Crippen LogP contribution in [0.5, 0.6) is 0 Å². The first-order valence-electron chi connectivity index (χ1n) is 3.16. The third-order valence-electron chi connectivity index (χ3n) is 1.79. The van der Waals surface area contributed by atoms with Gasteiger partial charge in [-0.15, -0.1) is 0 Å². The van der Waals surface area contributed by atoms with Gasteiger partial charge in [0.05, 0.1) is 0 Å². The van der Waals surface area contributed by atoms with Gasteiger partial charge in [0.15, 0.2) is 0 Å². The molecule has 0 aromatic heterocycles. The lowest BCUT2D eigenvalue weighted by Crippen LogP contribution is -1.87. The van der Waals surface area contributed by atoms with Crippen molar-refractivity contribution in [2.45, 2.75) is 13.3 Å². The third kappa shape index (κ3) is 1.56. The molecule has 1 rings (SSSR count). The molecule has 48 valence electrons. The highest BCUT2D eigenvalue weighted by molar-refractivity contribution is 8.14. The first kappa shape index (κ1) is 6.77. The van der Waals surface area contributed by atoms with E-state index in [1.54, 1.807) is 0 Å². The predicted octanol–water partition coefficient (Wildman–Crippen LogP) is 2.14. The first-order valence-corrected chi connectivity index (χ1v) is 6.78. The highest BCUT2D eigenvalue weighted by Gasteiger charge is 2.22. The molecule has 0 bridgehead atoms. The largest absolute Gasteiger partial charge is 0.0978 e. The summed E-state index contributed by atoms with van der Waals surface area (Å²) in [5.41, 5.74) is 0. The molecule has 0 saturated carbocycles. The Bertz CT molecular complexity index is 130. The molecule has 1 fully saturated rings. The Balaban J connectivity index is 2.57. The van der Waals surface area contributed by atoms with Crippen LogP contribution in [0.1, 0.15) is 13.3 Å². The van der Waals surface area contributed by atoms with Crippen LogP contribution >= 0.6 is 6.04 Å². The molecule has 1 aliphatic heterocycles. The summed E-state index contributed by atoms with van der Waals surface area (Å²) in [7, 11) is 0. The molecule has 0 aliphatic carbocycles. The summed E-state index contributed by atoms with van der Waals surface area (Å²) in [5, 5.41) is 0. The normalized spacial score (nSPS) is 47.5. The molecule has 0 nitrogen and oxygen atoms in total. The van der Waals surface area contributed by atoms with E-state index in [2.05, 4.69) is 13.6 Å². The van der Waals surface area contributed by atoms with E-state index in [0.29, 0.717) is 0 Å². The van der Waals surface area contributed by atoms with Crippen LogP contribution in [0.25, 0.3) is 0 Å². The van der Waals surface area contributed by atoms with Crippen molar-refractivity contribution in [3.8, 4) is 0 Å². The molecule has 2 unspecified atom stereocenters. The van der Waals surface area contributed by atoms with Crippen LogP contribution in [-0.2, 0) is 11.8 Å². The second kappa shape index (κ2) is 2.11. The topological polar surface area (TPSA) is 0 Å². The van der Waals surface area contributed by atoms with Crippen molar-refractivity contribution in [3.63, 3.8) is 0 Å². The molecular formula is C6H13PS. The van der Waals surface area contributed by atoms with Crippen LogP contribution in [0.15, 0.2) is 0 Å². The molecule has 0 aromatic carbocycles. The van der Waals surface area contributed by atoms with Crippen molar-refractivity contribution in [2.24, 2.45) is 5.92 Å². The molecule has 0 N–H and O–H groups in total. The minimum absolute atomic E-state index is 0.766. The van der Waals surface area contributed by atoms with Gasteiger partial charge in [-0.1, -0.05) is 18.7 Å². The highest BCUT2D eigenvalue weighted by Crippen LogP contribution is 2.50. The Hall–Kier alpha value is 0.650. The van der Waals surface area contributed by atoms with Crippen LogP contribution in [0.3, 0.4) is 0 Å². The Morgan fingerprint density at radius 2 is 2.25 bits per heavy atom. The first-order chi connectivity index (χ1) is 3.60. The van der Waals surface area contributed by atoms with E-state index < -0.39 is 6.04 Å². The van der Waals surface area contributed by atoms with Gasteiger partial charge in [-0.05, 0) is 37.4 Å². The van der Waals surface area contributed by atoms with Gasteiger partial charge in [-0.25, -0.2) is 0 Å². The second-order valence-electron chi connectivity index (χ2n) is 3.10. The zero-order chi connectivity index (χ0) is 6.20. The fourth-order valence-electron chi connectivity index (χ4n) is 1.34. The van der Waals surface area contributed by atoms with E-state index in [1.165, 1.54) is 18.7 Å². The van der Waals surface area contributed by atoms with E-state index >= 15 is 0 Å². The molecule has 0 amide bonds. The van der Waals surface area contributed by atoms with E-state index in [-0.39, 0.29) is 0 Å². The van der Waals surface area contributed by atoms with Gasteiger partial charge in [0.25, 0.3) is 0 Å². The average molecular weight is 148 g/mol. The zero-order valence-electron chi connectivity index (χ0n) is 5.55. The summed E-state index contributed by atoms with van der Waals surface area (Å²) in [4.78, 5) is 0. The number of hydrogen-bond acceptors (Lipinski definition) is 1. The summed E-state index contributed by atoms with van der Waals surface area (Å²) in [6, 6.07) is -0.766. The summed E-state index contributed by atoms with van der Waals surface area (Å²) in [5.74, 6) is 0.936. The molecule has 2 heteroatoms. The standard InChI is InChI=1S/C6H13PS/c1-6-3-4-7(2,8)5-6/h6H,3-5H2,1-2H3. The van der Waals surface area contributed by atoms with Gasteiger partial charge in [0.1, 0.15) is 0 Å². The van der Waals surface area contributed by atoms with Gasteiger partial charge in [-0.2, -0.15) is 0 Å². The van der Waals surface area contributed by atoms with Crippen molar-refractivity contribution in [1.29, 1.82) is 0 Å². The van der Waals surface area contributed by atoms with Gasteiger partial charge in [-0.3, -0.25) is 0 Å². The lowest BCUT2D eigenvalue weighted by atomic mass is 10.2. The molecule has 1 aliphatic rings. The maximum atomic E-state index is 5.40. The Morgan fingerprint density at radius 3 is 2.38 bits per heavy atom. The SMILES string of the molecule is CC1CCP(C)(=S)C1. The maximum absolute atomic E-state index is 5.40. The van der Waals surface area contributed by atoms with E-state index in [4.69, 9.17) is 11.8 Å². The lowest BCUT2D eigenvalue weighted by Gasteiger charge is -2.04. The minimum atomic E-state index is -0.766. The maximum Gasteiger partial charge on any atom is -0.0211 e. The van der Waals surface area contributed by atoms with E-state index in [1.807, 2.05) is 0 Å². The van der Waals surface area contributed by atoms with Crippen LogP contribution < -0.4 is 0 Å². The highest BCUT2D eigenvalue weighted by atomic mass is 32.4. The van der Waals surface area contributed by atoms with Gasteiger partial charge in [0, 0.05) is 0 Å². The fourth-order valence-corrected chi connectivity index (χ4v) is 5.09. The zero-order valence-corrected chi connectivity index (χ0v) is 7.27. The van der Waals surface area contributed by atoms with Crippen LogP contribution in [0.2, 0.25) is 0 Å². The van der Waals surface area contributed by atoms with Crippen molar-refractivity contribution in [2.75, 3.05) is 19.0 Å². The van der Waals surface area contributed by atoms with Crippen molar-refractivity contribution >= 4 is 17.8 Å². The Kier molecular flexibility index (Phi) is 1.79. The van der Waals surface area contributed by atoms with Crippen molar-refractivity contribution in [3.05, 3.63) is 0 Å².